The fourth-order valence-electron chi connectivity index (χ4n) is 3.59. The Kier molecular flexibility index (Phi) is 5.76. The van der Waals surface area contributed by atoms with Crippen LogP contribution in [0, 0.1) is 5.92 Å². The highest BCUT2D eigenvalue weighted by atomic mass is 32.1. The van der Waals surface area contributed by atoms with Gasteiger partial charge in [-0.15, -0.1) is 0 Å². The number of likely N-dealkylation sites (tertiary alicyclic amines) is 1. The Labute approximate surface area is 175 Å². The summed E-state index contributed by atoms with van der Waals surface area (Å²) < 4.78 is 0. The van der Waals surface area contributed by atoms with Crippen LogP contribution in [0.1, 0.15) is 12.0 Å². The van der Waals surface area contributed by atoms with E-state index in [1.165, 1.54) is 11.1 Å². The number of hydrogen-bond donors (Lipinski definition) is 1. The predicted molar refractivity (Wildman–Crippen MR) is 118 cm³/mol. The molecular weight excluding hydrogens is 382 g/mol. The number of urea groups is 1. The topological polar surface area (TPSA) is 61.4 Å². The van der Waals surface area contributed by atoms with Crippen molar-refractivity contribution < 1.29 is 4.79 Å². The minimum Gasteiger partial charge on any atom is -0.331 e. The van der Waals surface area contributed by atoms with Crippen LogP contribution in [0.25, 0.3) is 10.4 Å². The molecular formula is C22H25N5OS. The molecule has 0 radical (unpaired) electrons. The van der Waals surface area contributed by atoms with E-state index in [9.17, 15) is 4.79 Å². The van der Waals surface area contributed by atoms with Gasteiger partial charge in [0, 0.05) is 39.6 Å². The predicted octanol–water partition coefficient (Wildman–Crippen LogP) is 4.49. The van der Waals surface area contributed by atoms with E-state index in [1.807, 2.05) is 41.6 Å². The van der Waals surface area contributed by atoms with Crippen molar-refractivity contribution in [3.05, 3.63) is 60.4 Å². The SMILES string of the molecule is CN(C)C(=O)N1CCC(Cc2ccc(Nc3ncc(-c4ccccc4)s3)nc2)C1. The minimum absolute atomic E-state index is 0.100. The monoisotopic (exact) mass is 407 g/mol. The van der Waals surface area contributed by atoms with Gasteiger partial charge in [-0.3, -0.25) is 0 Å². The summed E-state index contributed by atoms with van der Waals surface area (Å²) in [5.41, 5.74) is 2.36. The van der Waals surface area contributed by atoms with Crippen molar-refractivity contribution in [1.82, 2.24) is 19.8 Å². The molecule has 3 heterocycles. The third-order valence-electron chi connectivity index (χ3n) is 5.09. The van der Waals surface area contributed by atoms with E-state index in [0.717, 1.165) is 41.8 Å². The lowest BCUT2D eigenvalue weighted by molar-refractivity contribution is 0.180. The number of nitrogens with one attached hydrogen (secondary N) is 1. The average Bonchev–Trinajstić information content (AvgIpc) is 3.39. The molecule has 2 amide bonds. The van der Waals surface area contributed by atoms with Crippen molar-refractivity contribution in [2.75, 3.05) is 32.5 Å². The largest absolute Gasteiger partial charge is 0.331 e. The Hall–Kier alpha value is -2.93. The molecule has 1 N–H and O–H groups in total. The number of thiazole rings is 1. The molecule has 1 fully saturated rings. The Balaban J connectivity index is 1.33. The van der Waals surface area contributed by atoms with Crippen LogP contribution < -0.4 is 5.32 Å². The van der Waals surface area contributed by atoms with Gasteiger partial charge >= 0.3 is 6.03 Å². The molecule has 1 saturated heterocycles. The smallest absolute Gasteiger partial charge is 0.319 e. The fraction of sp³-hybridized carbons (Fsp3) is 0.318. The van der Waals surface area contributed by atoms with Crippen LogP contribution >= 0.6 is 11.3 Å². The van der Waals surface area contributed by atoms with E-state index < -0.39 is 0 Å². The molecule has 0 spiro atoms. The van der Waals surface area contributed by atoms with Crippen LogP contribution in [-0.2, 0) is 6.42 Å². The van der Waals surface area contributed by atoms with Crippen LogP contribution in [-0.4, -0.2) is 53.0 Å². The first-order valence-corrected chi connectivity index (χ1v) is 10.6. The lowest BCUT2D eigenvalue weighted by Gasteiger charge is -2.21. The molecule has 1 aromatic carbocycles. The Bertz CT molecular complexity index is 955. The number of hydrogen-bond acceptors (Lipinski definition) is 5. The molecule has 3 aromatic rings. The van der Waals surface area contributed by atoms with Gasteiger partial charge in [-0.2, -0.15) is 0 Å². The minimum atomic E-state index is 0.100. The molecule has 0 aliphatic carbocycles. The van der Waals surface area contributed by atoms with E-state index in [2.05, 4.69) is 33.5 Å². The molecule has 0 saturated carbocycles. The number of anilines is 2. The average molecular weight is 408 g/mol. The number of pyridine rings is 1. The van der Waals surface area contributed by atoms with Gasteiger partial charge in [0.15, 0.2) is 5.13 Å². The summed E-state index contributed by atoms with van der Waals surface area (Å²) in [6.07, 6.45) is 5.79. The molecule has 1 unspecified atom stereocenters. The summed E-state index contributed by atoms with van der Waals surface area (Å²) >= 11 is 1.61. The molecule has 6 nitrogen and oxygen atoms in total. The van der Waals surface area contributed by atoms with Crippen molar-refractivity contribution in [3.8, 4) is 10.4 Å². The highest BCUT2D eigenvalue weighted by molar-refractivity contribution is 7.18. The zero-order valence-corrected chi connectivity index (χ0v) is 17.5. The Morgan fingerprint density at radius 3 is 2.72 bits per heavy atom. The van der Waals surface area contributed by atoms with E-state index in [0.29, 0.717) is 5.92 Å². The fourth-order valence-corrected chi connectivity index (χ4v) is 4.41. The van der Waals surface area contributed by atoms with Gasteiger partial charge in [-0.05, 0) is 36.0 Å². The highest BCUT2D eigenvalue weighted by Crippen LogP contribution is 2.30. The van der Waals surface area contributed by atoms with Gasteiger partial charge in [0.25, 0.3) is 0 Å². The lowest BCUT2D eigenvalue weighted by Crippen LogP contribution is -2.37. The van der Waals surface area contributed by atoms with E-state index in [1.54, 1.807) is 30.3 Å². The van der Waals surface area contributed by atoms with Crippen LogP contribution in [0.2, 0.25) is 0 Å². The standard InChI is InChI=1S/C22H25N5OS/c1-26(2)22(28)27-11-10-17(15-27)12-16-8-9-20(23-13-16)25-21-24-14-19(29-21)18-6-4-3-5-7-18/h3-9,13-14,17H,10-12,15H2,1-2H3,(H,23,24,25). The quantitative estimate of drug-likeness (QED) is 0.677. The second-order valence-electron chi connectivity index (χ2n) is 7.55. The first-order valence-electron chi connectivity index (χ1n) is 9.78. The first-order chi connectivity index (χ1) is 14.1. The molecule has 7 heteroatoms. The van der Waals surface area contributed by atoms with Crippen LogP contribution in [0.15, 0.2) is 54.9 Å². The summed E-state index contributed by atoms with van der Waals surface area (Å²) in [6.45, 7) is 1.65. The second kappa shape index (κ2) is 8.61. The normalized spacial score (nSPS) is 16.1. The molecule has 1 aliphatic rings. The van der Waals surface area contributed by atoms with Crippen molar-refractivity contribution in [3.63, 3.8) is 0 Å². The summed E-state index contributed by atoms with van der Waals surface area (Å²) in [5, 5.41) is 4.12. The van der Waals surface area contributed by atoms with Crippen molar-refractivity contribution >= 4 is 28.3 Å². The Morgan fingerprint density at radius 2 is 2.00 bits per heavy atom. The van der Waals surface area contributed by atoms with E-state index in [4.69, 9.17) is 0 Å². The lowest BCUT2D eigenvalue weighted by atomic mass is 10.00. The maximum atomic E-state index is 12.1. The van der Waals surface area contributed by atoms with Crippen LogP contribution in [0.3, 0.4) is 0 Å². The van der Waals surface area contributed by atoms with Crippen molar-refractivity contribution in [2.45, 2.75) is 12.8 Å². The second-order valence-corrected chi connectivity index (χ2v) is 8.58. The number of carbonyl (C=O) groups excluding carboxylic acids is 1. The summed E-state index contributed by atoms with van der Waals surface area (Å²) in [7, 11) is 3.60. The number of nitrogens with zero attached hydrogens (tertiary/aromatic N) is 4. The van der Waals surface area contributed by atoms with Crippen LogP contribution in [0.5, 0.6) is 0 Å². The van der Waals surface area contributed by atoms with E-state index in [-0.39, 0.29) is 6.03 Å². The number of carbonyl (C=O) groups is 1. The van der Waals surface area contributed by atoms with Gasteiger partial charge < -0.3 is 15.1 Å². The summed E-state index contributed by atoms with van der Waals surface area (Å²) in [5.74, 6) is 1.28. The maximum Gasteiger partial charge on any atom is 0.319 e. The van der Waals surface area contributed by atoms with Gasteiger partial charge in [0.1, 0.15) is 5.82 Å². The molecule has 150 valence electrons. The van der Waals surface area contributed by atoms with Gasteiger partial charge in [0.05, 0.1) is 4.88 Å². The maximum absolute atomic E-state index is 12.1. The zero-order valence-electron chi connectivity index (χ0n) is 16.7. The summed E-state index contributed by atoms with van der Waals surface area (Å²) in [6, 6.07) is 14.4. The molecule has 29 heavy (non-hydrogen) atoms. The number of rotatable bonds is 5. The number of benzene rings is 1. The first kappa shape index (κ1) is 19.4. The number of amides is 2. The van der Waals surface area contributed by atoms with Crippen molar-refractivity contribution in [1.29, 1.82) is 0 Å². The molecule has 2 aromatic heterocycles. The van der Waals surface area contributed by atoms with Crippen molar-refractivity contribution in [2.24, 2.45) is 5.92 Å². The highest BCUT2D eigenvalue weighted by Gasteiger charge is 2.27. The van der Waals surface area contributed by atoms with Crippen LogP contribution in [0.4, 0.5) is 15.7 Å². The third kappa shape index (κ3) is 4.74. The van der Waals surface area contributed by atoms with Gasteiger partial charge in [0.2, 0.25) is 0 Å². The third-order valence-corrected chi connectivity index (χ3v) is 6.05. The zero-order chi connectivity index (χ0) is 20.2. The molecule has 1 aliphatic heterocycles. The summed E-state index contributed by atoms with van der Waals surface area (Å²) in [4.78, 5) is 25.8. The molecule has 4 rings (SSSR count). The molecule has 0 bridgehead atoms. The van der Waals surface area contributed by atoms with E-state index >= 15 is 0 Å². The Morgan fingerprint density at radius 1 is 1.17 bits per heavy atom. The molecule has 1 atom stereocenters. The van der Waals surface area contributed by atoms with Gasteiger partial charge in [-0.25, -0.2) is 14.8 Å². The van der Waals surface area contributed by atoms with Gasteiger partial charge in [-0.1, -0.05) is 47.7 Å². The number of aromatic nitrogens is 2.